The van der Waals surface area contributed by atoms with Gasteiger partial charge in [0.25, 0.3) is 0 Å². The van der Waals surface area contributed by atoms with Crippen molar-refractivity contribution >= 4 is 27.4 Å². The predicted molar refractivity (Wildman–Crippen MR) is 93.6 cm³/mol. The van der Waals surface area contributed by atoms with E-state index in [1.54, 1.807) is 23.1 Å². The van der Waals surface area contributed by atoms with E-state index in [0.717, 1.165) is 23.4 Å². The Kier molecular flexibility index (Phi) is 5.64. The van der Waals surface area contributed by atoms with E-state index < -0.39 is 10.0 Å². The molecule has 0 unspecified atom stereocenters. The van der Waals surface area contributed by atoms with Crippen molar-refractivity contribution in [1.82, 2.24) is 4.90 Å². The number of Topliss-reactive ketones (excluding diaryl/α,β-unsaturated/α-hetero) is 1. The highest BCUT2D eigenvalue weighted by Gasteiger charge is 2.26. The molecular weight excluding hydrogens is 328 g/mol. The van der Waals surface area contributed by atoms with E-state index in [9.17, 15) is 18.0 Å². The summed E-state index contributed by atoms with van der Waals surface area (Å²) in [4.78, 5) is 25.8. The van der Waals surface area contributed by atoms with Crippen molar-refractivity contribution in [3.05, 3.63) is 29.8 Å². The maximum atomic E-state index is 12.5. The number of nitrogens with zero attached hydrogens (tertiary/aromatic N) is 2. The molecule has 132 valence electrons. The van der Waals surface area contributed by atoms with E-state index in [4.69, 9.17) is 0 Å². The Morgan fingerprint density at radius 3 is 2.62 bits per heavy atom. The third-order valence-electron chi connectivity index (χ3n) is 4.23. The van der Waals surface area contributed by atoms with Gasteiger partial charge in [-0.1, -0.05) is 19.1 Å². The highest BCUT2D eigenvalue weighted by Crippen LogP contribution is 2.21. The topological polar surface area (TPSA) is 74.8 Å². The van der Waals surface area contributed by atoms with Gasteiger partial charge in [-0.25, -0.2) is 8.42 Å². The van der Waals surface area contributed by atoms with E-state index in [0.29, 0.717) is 30.3 Å². The van der Waals surface area contributed by atoms with Gasteiger partial charge in [0.1, 0.15) is 6.54 Å². The average molecular weight is 352 g/mol. The lowest BCUT2D eigenvalue weighted by atomic mass is 10.0. The Bertz CT molecular complexity index is 730. The van der Waals surface area contributed by atoms with Crippen LogP contribution >= 0.6 is 0 Å². The number of piperidine rings is 1. The quantitative estimate of drug-likeness (QED) is 0.759. The number of rotatable bonds is 5. The van der Waals surface area contributed by atoms with Crippen LogP contribution in [0.4, 0.5) is 5.69 Å². The predicted octanol–water partition coefficient (Wildman–Crippen LogP) is 1.91. The van der Waals surface area contributed by atoms with Crippen molar-refractivity contribution in [3.8, 4) is 0 Å². The zero-order valence-corrected chi connectivity index (χ0v) is 15.2. The molecule has 1 aromatic rings. The molecule has 0 bridgehead atoms. The van der Waals surface area contributed by atoms with Gasteiger partial charge in [-0.15, -0.1) is 0 Å². The maximum absolute atomic E-state index is 12.5. The summed E-state index contributed by atoms with van der Waals surface area (Å²) in [5, 5.41) is 0. The highest BCUT2D eigenvalue weighted by molar-refractivity contribution is 7.92. The lowest BCUT2D eigenvalue weighted by Gasteiger charge is -2.33. The third-order valence-corrected chi connectivity index (χ3v) is 5.37. The summed E-state index contributed by atoms with van der Waals surface area (Å²) in [6, 6.07) is 6.35. The third kappa shape index (κ3) is 4.56. The number of anilines is 1. The van der Waals surface area contributed by atoms with Crippen molar-refractivity contribution < 1.29 is 18.0 Å². The highest BCUT2D eigenvalue weighted by atomic mass is 32.2. The molecule has 1 aliphatic heterocycles. The minimum Gasteiger partial charge on any atom is -0.341 e. The molecule has 1 saturated heterocycles. The van der Waals surface area contributed by atoms with Crippen LogP contribution in [0.1, 0.15) is 37.0 Å². The number of ketones is 1. The summed E-state index contributed by atoms with van der Waals surface area (Å²) < 4.78 is 25.4. The van der Waals surface area contributed by atoms with Crippen molar-refractivity contribution in [1.29, 1.82) is 0 Å². The number of carbonyl (C=O) groups excluding carboxylic acids is 2. The van der Waals surface area contributed by atoms with Gasteiger partial charge >= 0.3 is 0 Å². The molecule has 1 aromatic carbocycles. The molecule has 6 nitrogen and oxygen atoms in total. The van der Waals surface area contributed by atoms with E-state index >= 15 is 0 Å². The lowest BCUT2D eigenvalue weighted by Crippen LogP contribution is -2.46. The van der Waals surface area contributed by atoms with Crippen LogP contribution in [-0.2, 0) is 14.8 Å². The minimum absolute atomic E-state index is 0.151. The summed E-state index contributed by atoms with van der Waals surface area (Å²) in [6.07, 6.45) is 3.09. The van der Waals surface area contributed by atoms with Gasteiger partial charge in [-0.2, -0.15) is 0 Å². The Hall–Kier alpha value is -1.89. The Morgan fingerprint density at radius 1 is 1.33 bits per heavy atom. The molecular formula is C17H24N2O4S. The molecule has 1 amide bonds. The van der Waals surface area contributed by atoms with Crippen LogP contribution in [0.5, 0.6) is 0 Å². The first kappa shape index (κ1) is 18.4. The van der Waals surface area contributed by atoms with Gasteiger partial charge in [-0.3, -0.25) is 13.9 Å². The largest absolute Gasteiger partial charge is 0.341 e. The average Bonchev–Trinajstić information content (AvgIpc) is 2.51. The monoisotopic (exact) mass is 352 g/mol. The van der Waals surface area contributed by atoms with E-state index in [2.05, 4.69) is 6.92 Å². The number of benzene rings is 1. The first-order valence-electron chi connectivity index (χ1n) is 8.05. The molecule has 0 aromatic heterocycles. The second kappa shape index (κ2) is 7.34. The summed E-state index contributed by atoms with van der Waals surface area (Å²) in [5.74, 6) is 0.0668. The molecule has 1 atom stereocenters. The van der Waals surface area contributed by atoms with Crippen LogP contribution < -0.4 is 4.31 Å². The Labute approximate surface area is 143 Å². The fraction of sp³-hybridized carbons (Fsp3) is 0.529. The second-order valence-electron chi connectivity index (χ2n) is 6.46. The van der Waals surface area contributed by atoms with Crippen LogP contribution in [0.3, 0.4) is 0 Å². The molecule has 1 fully saturated rings. The summed E-state index contributed by atoms with van der Waals surface area (Å²) in [6.45, 7) is 4.58. The fourth-order valence-electron chi connectivity index (χ4n) is 2.92. The molecule has 0 spiro atoms. The van der Waals surface area contributed by atoms with Gasteiger partial charge in [0.05, 0.1) is 11.9 Å². The van der Waals surface area contributed by atoms with E-state index in [-0.39, 0.29) is 18.2 Å². The van der Waals surface area contributed by atoms with Crippen LogP contribution in [0.2, 0.25) is 0 Å². The van der Waals surface area contributed by atoms with Crippen molar-refractivity contribution in [2.75, 3.05) is 30.2 Å². The van der Waals surface area contributed by atoms with Crippen molar-refractivity contribution in [2.24, 2.45) is 5.92 Å². The number of hydrogen-bond donors (Lipinski definition) is 0. The van der Waals surface area contributed by atoms with Gasteiger partial charge in [-0.05, 0) is 37.8 Å². The Morgan fingerprint density at radius 2 is 2.04 bits per heavy atom. The molecule has 1 aliphatic rings. The molecule has 7 heteroatoms. The van der Waals surface area contributed by atoms with Crippen molar-refractivity contribution in [3.63, 3.8) is 0 Å². The molecule has 0 N–H and O–H groups in total. The zero-order chi connectivity index (χ0) is 17.9. The van der Waals surface area contributed by atoms with Crippen LogP contribution in [0.15, 0.2) is 24.3 Å². The molecule has 0 saturated carbocycles. The Balaban J connectivity index is 2.25. The van der Waals surface area contributed by atoms with Crippen LogP contribution in [0.25, 0.3) is 0 Å². The molecule has 1 heterocycles. The standard InChI is InChI=1S/C17H24N2O4S/c1-13-6-5-9-18(11-13)17(21)12-19(24(3,22)23)16-8-4-7-15(10-16)14(2)20/h4,7-8,10,13H,5-6,9,11-12H2,1-3H3/t13-/m1/s1. The van der Waals surface area contributed by atoms with Gasteiger partial charge < -0.3 is 4.90 Å². The SMILES string of the molecule is CC(=O)c1cccc(N(CC(=O)N2CCC[C@@H](C)C2)S(C)(=O)=O)c1. The van der Waals surface area contributed by atoms with E-state index in [1.807, 2.05) is 0 Å². The number of sulfonamides is 1. The first-order chi connectivity index (χ1) is 11.2. The second-order valence-corrected chi connectivity index (χ2v) is 8.37. The van der Waals surface area contributed by atoms with Gasteiger partial charge in [0.15, 0.2) is 5.78 Å². The molecule has 0 aliphatic carbocycles. The number of likely N-dealkylation sites (tertiary alicyclic amines) is 1. The maximum Gasteiger partial charge on any atom is 0.243 e. The molecule has 0 radical (unpaired) electrons. The lowest BCUT2D eigenvalue weighted by molar-refractivity contribution is -0.131. The molecule has 24 heavy (non-hydrogen) atoms. The van der Waals surface area contributed by atoms with Crippen LogP contribution in [-0.4, -0.2) is 50.9 Å². The zero-order valence-electron chi connectivity index (χ0n) is 14.4. The summed E-state index contributed by atoms with van der Waals surface area (Å²) in [5.41, 5.74) is 0.754. The van der Waals surface area contributed by atoms with Crippen LogP contribution in [0, 0.1) is 5.92 Å². The number of amides is 1. The smallest absolute Gasteiger partial charge is 0.243 e. The fourth-order valence-corrected chi connectivity index (χ4v) is 3.76. The first-order valence-corrected chi connectivity index (χ1v) is 9.90. The summed E-state index contributed by atoms with van der Waals surface area (Å²) >= 11 is 0. The molecule has 2 rings (SSSR count). The van der Waals surface area contributed by atoms with Gasteiger partial charge in [0.2, 0.25) is 15.9 Å². The van der Waals surface area contributed by atoms with Gasteiger partial charge in [0, 0.05) is 18.7 Å². The normalized spacial score (nSPS) is 18.3. The summed E-state index contributed by atoms with van der Waals surface area (Å²) in [7, 11) is -3.63. The minimum atomic E-state index is -3.63. The number of hydrogen-bond acceptors (Lipinski definition) is 4. The van der Waals surface area contributed by atoms with E-state index in [1.165, 1.54) is 13.0 Å². The number of carbonyl (C=O) groups is 2. The van der Waals surface area contributed by atoms with Crippen molar-refractivity contribution in [2.45, 2.75) is 26.7 Å².